The minimum Gasteiger partial charge on any atom is -0.492 e. The maximum atomic E-state index is 12.2. The third kappa shape index (κ3) is 3.82. The van der Waals surface area contributed by atoms with Gasteiger partial charge in [0, 0.05) is 6.20 Å². The highest BCUT2D eigenvalue weighted by atomic mass is 16.5. The summed E-state index contributed by atoms with van der Waals surface area (Å²) in [4.78, 5) is 40.3. The number of esters is 1. The summed E-state index contributed by atoms with van der Waals surface area (Å²) in [5.41, 5.74) is 0.365. The van der Waals surface area contributed by atoms with Gasteiger partial charge in [-0.2, -0.15) is 0 Å². The molecule has 0 saturated carbocycles. The molecule has 1 heterocycles. The number of carbonyl (C=O) groups is 1. The van der Waals surface area contributed by atoms with Crippen molar-refractivity contribution < 1.29 is 14.3 Å². The number of ether oxygens (including phenoxy) is 2. The largest absolute Gasteiger partial charge is 0.492 e. The van der Waals surface area contributed by atoms with Crippen LogP contribution < -0.4 is 26.2 Å². The number of carbonyl (C=O) groups excluding carboxylic acids is 1. The van der Waals surface area contributed by atoms with Crippen LogP contribution in [0.3, 0.4) is 0 Å². The monoisotopic (exact) mass is 395 g/mol. The Morgan fingerprint density at radius 3 is 2.38 bits per heavy atom. The topological polar surface area (TPSA) is 107 Å². The van der Waals surface area contributed by atoms with E-state index in [-0.39, 0.29) is 28.9 Å². The fourth-order valence-corrected chi connectivity index (χ4v) is 3.06. The quantitative estimate of drug-likeness (QED) is 0.443. The highest BCUT2D eigenvalue weighted by Gasteiger charge is 2.26. The fourth-order valence-electron chi connectivity index (χ4n) is 3.06. The Morgan fingerprint density at radius 1 is 1.07 bits per heavy atom. The minimum absolute atomic E-state index is 0.0380. The van der Waals surface area contributed by atoms with E-state index < -0.39 is 16.8 Å². The van der Waals surface area contributed by atoms with Crippen LogP contribution in [-0.4, -0.2) is 25.2 Å². The third-order valence-electron chi connectivity index (χ3n) is 4.59. The summed E-state index contributed by atoms with van der Waals surface area (Å²) < 4.78 is 9.97. The number of hydrogen-bond acceptors (Lipinski definition) is 8. The molecule has 1 atom stereocenters. The Morgan fingerprint density at radius 2 is 1.76 bits per heavy atom. The van der Waals surface area contributed by atoms with Crippen LogP contribution in [0.25, 0.3) is 0 Å². The van der Waals surface area contributed by atoms with E-state index in [2.05, 4.69) is 15.6 Å². The molecule has 2 N–H and O–H groups in total. The second-order valence-corrected chi connectivity index (χ2v) is 6.28. The number of aromatic nitrogens is 1. The standard InChI is InChI=1S/C21H21N3O5/c1-4-13(12-8-6-5-7-9-12)23-15-16(19(26)18(15)25)24-14-10-11-22-17(20(14)28-2)21(27)29-3/h5-11,13,23H,4H2,1-3H3,(H,22,24)/t13-/m1/s1. The molecular formula is C21H21N3O5. The van der Waals surface area contributed by atoms with Crippen LogP contribution in [0.4, 0.5) is 17.1 Å². The van der Waals surface area contributed by atoms with E-state index in [0.29, 0.717) is 12.1 Å². The number of methoxy groups -OCH3 is 2. The number of nitrogens with one attached hydrogen (secondary N) is 2. The first-order valence-electron chi connectivity index (χ1n) is 9.04. The lowest BCUT2D eigenvalue weighted by Crippen LogP contribution is -2.37. The number of rotatable bonds is 8. The van der Waals surface area contributed by atoms with E-state index in [1.165, 1.54) is 20.4 Å². The molecule has 0 aliphatic heterocycles. The Hall–Kier alpha value is -3.68. The van der Waals surface area contributed by atoms with E-state index in [0.717, 1.165) is 5.56 Å². The number of benzene rings is 1. The average molecular weight is 395 g/mol. The summed E-state index contributed by atoms with van der Waals surface area (Å²) in [6, 6.07) is 11.1. The molecule has 8 heteroatoms. The van der Waals surface area contributed by atoms with Crippen molar-refractivity contribution in [2.75, 3.05) is 24.9 Å². The molecule has 0 aliphatic rings. The van der Waals surface area contributed by atoms with Crippen LogP contribution >= 0.6 is 0 Å². The van der Waals surface area contributed by atoms with Crippen LogP contribution in [0.1, 0.15) is 35.4 Å². The van der Waals surface area contributed by atoms with Gasteiger partial charge in [0.2, 0.25) is 0 Å². The zero-order chi connectivity index (χ0) is 21.0. The molecule has 1 aromatic heterocycles. The summed E-state index contributed by atoms with van der Waals surface area (Å²) in [7, 11) is 2.61. The number of hydrogen-bond donors (Lipinski definition) is 2. The molecular weight excluding hydrogens is 374 g/mol. The Kier molecular flexibility index (Phi) is 5.92. The van der Waals surface area contributed by atoms with E-state index in [1.807, 2.05) is 37.3 Å². The summed E-state index contributed by atoms with van der Waals surface area (Å²) in [6.07, 6.45) is 2.10. The van der Waals surface area contributed by atoms with Crippen LogP contribution in [0.2, 0.25) is 0 Å². The smallest absolute Gasteiger partial charge is 0.360 e. The van der Waals surface area contributed by atoms with Crippen molar-refractivity contribution in [3.8, 4) is 5.75 Å². The second-order valence-electron chi connectivity index (χ2n) is 6.28. The Balaban J connectivity index is 1.93. The van der Waals surface area contributed by atoms with Crippen LogP contribution in [0.5, 0.6) is 5.75 Å². The van der Waals surface area contributed by atoms with Crippen molar-refractivity contribution in [3.05, 3.63) is 74.3 Å². The van der Waals surface area contributed by atoms with Crippen LogP contribution in [0.15, 0.2) is 52.2 Å². The molecule has 3 rings (SSSR count). The second kappa shape index (κ2) is 8.55. The van der Waals surface area contributed by atoms with Gasteiger partial charge in [0.05, 0.1) is 25.9 Å². The zero-order valence-corrected chi connectivity index (χ0v) is 16.3. The maximum Gasteiger partial charge on any atom is 0.360 e. The minimum atomic E-state index is -0.677. The van der Waals surface area contributed by atoms with Gasteiger partial charge in [-0.3, -0.25) is 9.59 Å². The van der Waals surface area contributed by atoms with Crippen molar-refractivity contribution in [2.45, 2.75) is 19.4 Å². The molecule has 150 valence electrons. The molecule has 0 aliphatic carbocycles. The first-order valence-corrected chi connectivity index (χ1v) is 9.04. The zero-order valence-electron chi connectivity index (χ0n) is 16.3. The summed E-state index contributed by atoms with van der Waals surface area (Å²) in [5.74, 6) is -0.558. The first-order chi connectivity index (χ1) is 14.0. The molecule has 0 fully saturated rings. The van der Waals surface area contributed by atoms with Gasteiger partial charge in [-0.1, -0.05) is 37.3 Å². The van der Waals surface area contributed by atoms with Crippen molar-refractivity contribution in [1.82, 2.24) is 4.98 Å². The predicted molar refractivity (Wildman–Crippen MR) is 110 cm³/mol. The van der Waals surface area contributed by atoms with Gasteiger partial charge in [0.1, 0.15) is 11.4 Å². The number of pyridine rings is 1. The lowest BCUT2D eigenvalue weighted by Gasteiger charge is -2.22. The van der Waals surface area contributed by atoms with E-state index in [4.69, 9.17) is 9.47 Å². The van der Waals surface area contributed by atoms with Gasteiger partial charge in [-0.15, -0.1) is 0 Å². The molecule has 2 aromatic carbocycles. The van der Waals surface area contributed by atoms with Crippen molar-refractivity contribution in [3.63, 3.8) is 0 Å². The Bertz CT molecular complexity index is 1090. The first kappa shape index (κ1) is 20.1. The number of nitrogens with zero attached hydrogens (tertiary/aromatic N) is 1. The molecule has 29 heavy (non-hydrogen) atoms. The molecule has 0 amide bonds. The maximum absolute atomic E-state index is 12.2. The van der Waals surface area contributed by atoms with Crippen molar-refractivity contribution in [2.24, 2.45) is 0 Å². The van der Waals surface area contributed by atoms with Crippen LogP contribution in [0, 0.1) is 0 Å². The molecule has 3 aromatic rings. The van der Waals surface area contributed by atoms with E-state index in [9.17, 15) is 14.4 Å². The molecule has 0 unspecified atom stereocenters. The highest BCUT2D eigenvalue weighted by molar-refractivity contribution is 5.93. The van der Waals surface area contributed by atoms with Gasteiger partial charge in [-0.25, -0.2) is 9.78 Å². The molecule has 8 nitrogen and oxygen atoms in total. The molecule has 0 spiro atoms. The normalized spacial score (nSPS) is 11.7. The lowest BCUT2D eigenvalue weighted by atomic mass is 10.0. The predicted octanol–water partition coefficient (Wildman–Crippen LogP) is 2.78. The van der Waals surface area contributed by atoms with Gasteiger partial charge in [0.15, 0.2) is 11.4 Å². The lowest BCUT2D eigenvalue weighted by molar-refractivity contribution is 0.0590. The van der Waals surface area contributed by atoms with Crippen molar-refractivity contribution in [1.29, 1.82) is 0 Å². The Labute approximate surface area is 167 Å². The van der Waals surface area contributed by atoms with E-state index in [1.54, 1.807) is 6.07 Å². The highest BCUT2D eigenvalue weighted by Crippen LogP contribution is 2.32. The summed E-state index contributed by atoms with van der Waals surface area (Å²) >= 11 is 0. The fraction of sp³-hybridized carbons (Fsp3) is 0.238. The van der Waals surface area contributed by atoms with Gasteiger partial charge in [0.25, 0.3) is 10.9 Å². The van der Waals surface area contributed by atoms with Crippen molar-refractivity contribution >= 4 is 23.0 Å². The number of anilines is 3. The van der Waals surface area contributed by atoms with Gasteiger partial charge in [-0.05, 0) is 18.1 Å². The molecule has 0 bridgehead atoms. The SMILES string of the molecule is CC[C@@H](Nc1c(Nc2ccnc(C(=O)OC)c2OC)c(=O)c1=O)c1ccccc1. The summed E-state index contributed by atoms with van der Waals surface area (Å²) in [5, 5.41) is 6.06. The van der Waals surface area contributed by atoms with Gasteiger partial charge >= 0.3 is 5.97 Å². The summed E-state index contributed by atoms with van der Waals surface area (Å²) in [6.45, 7) is 1.98. The van der Waals surface area contributed by atoms with Crippen LogP contribution in [-0.2, 0) is 4.74 Å². The average Bonchev–Trinajstić information content (AvgIpc) is 2.78. The molecule has 0 saturated heterocycles. The molecule has 0 radical (unpaired) electrons. The third-order valence-corrected chi connectivity index (χ3v) is 4.59. The van der Waals surface area contributed by atoms with E-state index >= 15 is 0 Å². The van der Waals surface area contributed by atoms with Gasteiger partial charge < -0.3 is 20.1 Å².